The molecule has 0 aromatic heterocycles. The van der Waals surface area contributed by atoms with Crippen molar-refractivity contribution in [3.8, 4) is 0 Å². The van der Waals surface area contributed by atoms with E-state index in [1.54, 1.807) is 0 Å². The maximum Gasteiger partial charge on any atom is 0.306 e. The lowest BCUT2D eigenvalue weighted by atomic mass is 10.0. The van der Waals surface area contributed by atoms with Crippen LogP contribution >= 0.6 is 0 Å². The Balaban J connectivity index is 4.33. The fourth-order valence-corrected chi connectivity index (χ4v) is 9.62. The monoisotopic (exact) mass is 1040 g/mol. The Morgan fingerprint density at radius 3 is 0.743 bits per heavy atom. The van der Waals surface area contributed by atoms with Crippen LogP contribution in [0.15, 0.2) is 48.6 Å². The second-order valence-electron chi connectivity index (χ2n) is 22.0. The van der Waals surface area contributed by atoms with Crippen LogP contribution < -0.4 is 0 Å². The Kier molecular flexibility index (Phi) is 60.7. The van der Waals surface area contributed by atoms with Gasteiger partial charge in [-0.3, -0.25) is 14.4 Å². The summed E-state index contributed by atoms with van der Waals surface area (Å²) >= 11 is 0. The minimum absolute atomic E-state index is 0.0724. The first-order chi connectivity index (χ1) is 36.5. The second-order valence-corrected chi connectivity index (χ2v) is 22.0. The van der Waals surface area contributed by atoms with Crippen molar-refractivity contribution < 1.29 is 28.6 Å². The van der Waals surface area contributed by atoms with Gasteiger partial charge in [-0.1, -0.05) is 294 Å². The smallest absolute Gasteiger partial charge is 0.306 e. The van der Waals surface area contributed by atoms with E-state index in [1.807, 2.05) is 0 Å². The average molecular weight is 1040 g/mol. The molecular formula is C68H124O6. The van der Waals surface area contributed by atoms with Crippen molar-refractivity contribution in [2.45, 2.75) is 354 Å². The minimum atomic E-state index is -0.776. The molecule has 1 atom stereocenters. The molecule has 0 aliphatic heterocycles. The van der Waals surface area contributed by atoms with Gasteiger partial charge in [0.2, 0.25) is 0 Å². The summed E-state index contributed by atoms with van der Waals surface area (Å²) in [4.78, 5) is 38.3. The number of unbranched alkanes of at least 4 members (excludes halogenated alkanes) is 41. The van der Waals surface area contributed by atoms with E-state index in [0.717, 1.165) is 70.6 Å². The van der Waals surface area contributed by atoms with Gasteiger partial charge in [-0.2, -0.15) is 0 Å². The molecule has 0 heterocycles. The molecule has 0 fully saturated rings. The van der Waals surface area contributed by atoms with E-state index in [4.69, 9.17) is 14.2 Å². The van der Waals surface area contributed by atoms with Crippen molar-refractivity contribution in [2.24, 2.45) is 0 Å². The van der Waals surface area contributed by atoms with E-state index in [-0.39, 0.29) is 31.1 Å². The van der Waals surface area contributed by atoms with Gasteiger partial charge < -0.3 is 14.2 Å². The molecule has 0 saturated heterocycles. The highest BCUT2D eigenvalue weighted by Crippen LogP contribution is 2.17. The average Bonchev–Trinajstić information content (AvgIpc) is 3.40. The van der Waals surface area contributed by atoms with Gasteiger partial charge in [0, 0.05) is 19.3 Å². The topological polar surface area (TPSA) is 78.9 Å². The number of allylic oxidation sites excluding steroid dienone is 8. The van der Waals surface area contributed by atoms with Gasteiger partial charge in [0.1, 0.15) is 13.2 Å². The lowest BCUT2D eigenvalue weighted by Crippen LogP contribution is -2.30. The van der Waals surface area contributed by atoms with Gasteiger partial charge in [0.15, 0.2) is 6.10 Å². The molecule has 6 heteroatoms. The highest BCUT2D eigenvalue weighted by Gasteiger charge is 2.19. The van der Waals surface area contributed by atoms with Crippen molar-refractivity contribution >= 4 is 17.9 Å². The number of rotatable bonds is 60. The minimum Gasteiger partial charge on any atom is -0.462 e. The Morgan fingerprint density at radius 2 is 0.486 bits per heavy atom. The van der Waals surface area contributed by atoms with Crippen LogP contribution in [0.4, 0.5) is 0 Å². The maximum atomic E-state index is 12.9. The molecule has 0 spiro atoms. The number of carbonyl (C=O) groups is 3. The number of esters is 3. The van der Waals surface area contributed by atoms with Gasteiger partial charge >= 0.3 is 17.9 Å². The van der Waals surface area contributed by atoms with Crippen LogP contribution in [0.1, 0.15) is 348 Å². The summed E-state index contributed by atoms with van der Waals surface area (Å²) in [7, 11) is 0. The second kappa shape index (κ2) is 62.9. The molecule has 0 saturated carbocycles. The van der Waals surface area contributed by atoms with Crippen molar-refractivity contribution in [2.75, 3.05) is 13.2 Å². The summed E-state index contributed by atoms with van der Waals surface area (Å²) in [5.41, 5.74) is 0. The van der Waals surface area contributed by atoms with Crippen LogP contribution in [0.25, 0.3) is 0 Å². The Morgan fingerprint density at radius 1 is 0.270 bits per heavy atom. The Hall–Kier alpha value is -2.63. The zero-order valence-electron chi connectivity index (χ0n) is 49.6. The van der Waals surface area contributed by atoms with Crippen LogP contribution in [0.3, 0.4) is 0 Å². The van der Waals surface area contributed by atoms with Gasteiger partial charge in [-0.15, -0.1) is 0 Å². The molecule has 74 heavy (non-hydrogen) atoms. The molecule has 0 bridgehead atoms. The van der Waals surface area contributed by atoms with Crippen LogP contribution in [-0.2, 0) is 28.6 Å². The third-order valence-electron chi connectivity index (χ3n) is 14.6. The first-order valence-electron chi connectivity index (χ1n) is 32.6. The third kappa shape index (κ3) is 60.2. The normalized spacial score (nSPS) is 12.3. The summed E-state index contributed by atoms with van der Waals surface area (Å²) < 4.78 is 17.0. The largest absolute Gasteiger partial charge is 0.462 e. The molecular weight excluding hydrogens is 913 g/mol. The first kappa shape index (κ1) is 71.4. The van der Waals surface area contributed by atoms with E-state index >= 15 is 0 Å². The summed E-state index contributed by atoms with van der Waals surface area (Å²) in [6.07, 6.45) is 78.2. The van der Waals surface area contributed by atoms with Crippen LogP contribution in [0.2, 0.25) is 0 Å². The lowest BCUT2D eigenvalue weighted by molar-refractivity contribution is -0.167. The third-order valence-corrected chi connectivity index (χ3v) is 14.6. The summed E-state index contributed by atoms with van der Waals surface area (Å²) in [6, 6.07) is 0. The summed E-state index contributed by atoms with van der Waals surface area (Å²) in [6.45, 7) is 6.67. The van der Waals surface area contributed by atoms with Crippen molar-refractivity contribution in [3.05, 3.63) is 48.6 Å². The zero-order chi connectivity index (χ0) is 53.6. The molecule has 432 valence electrons. The molecule has 6 nitrogen and oxygen atoms in total. The molecule has 0 amide bonds. The molecule has 0 aliphatic rings. The highest BCUT2D eigenvalue weighted by molar-refractivity contribution is 5.71. The molecule has 0 radical (unpaired) electrons. The molecule has 0 aliphatic carbocycles. The van der Waals surface area contributed by atoms with E-state index in [2.05, 4.69) is 69.4 Å². The fourth-order valence-electron chi connectivity index (χ4n) is 9.62. The number of carbonyl (C=O) groups excluding carboxylic acids is 3. The molecule has 0 N–H and O–H groups in total. The Labute approximate surface area is 460 Å². The van der Waals surface area contributed by atoms with Gasteiger partial charge in [0.05, 0.1) is 0 Å². The van der Waals surface area contributed by atoms with Crippen molar-refractivity contribution in [1.82, 2.24) is 0 Å². The van der Waals surface area contributed by atoms with E-state index in [9.17, 15) is 14.4 Å². The van der Waals surface area contributed by atoms with Crippen molar-refractivity contribution in [1.29, 1.82) is 0 Å². The van der Waals surface area contributed by atoms with E-state index in [1.165, 1.54) is 238 Å². The predicted octanol–water partition coefficient (Wildman–Crippen LogP) is 22.2. The van der Waals surface area contributed by atoms with Gasteiger partial charge in [-0.05, 0) is 83.5 Å². The van der Waals surface area contributed by atoms with Gasteiger partial charge in [0.25, 0.3) is 0 Å². The SMILES string of the molecule is CCCCCCC/C=C\C/C=C\CCCCCCCCCCCC(=O)OCC(COC(=O)CCCCCCCCCCCCCCCC)OC(=O)CCCCCCCCCCC/C=C\C/C=C\CCCCCCC. The quantitative estimate of drug-likeness (QED) is 0.0261. The fraction of sp³-hybridized carbons (Fsp3) is 0.838. The number of hydrogen-bond acceptors (Lipinski definition) is 6. The molecule has 0 aromatic rings. The van der Waals surface area contributed by atoms with Crippen molar-refractivity contribution in [3.63, 3.8) is 0 Å². The predicted molar refractivity (Wildman–Crippen MR) is 321 cm³/mol. The number of hydrogen-bond donors (Lipinski definition) is 0. The van der Waals surface area contributed by atoms with Crippen LogP contribution in [0, 0.1) is 0 Å². The molecule has 0 aromatic carbocycles. The highest BCUT2D eigenvalue weighted by atomic mass is 16.6. The van der Waals surface area contributed by atoms with Gasteiger partial charge in [-0.25, -0.2) is 0 Å². The van der Waals surface area contributed by atoms with E-state index in [0.29, 0.717) is 19.3 Å². The summed E-state index contributed by atoms with van der Waals surface area (Å²) in [5.74, 6) is -0.859. The maximum absolute atomic E-state index is 12.9. The molecule has 1 unspecified atom stereocenters. The Bertz CT molecular complexity index is 1280. The summed E-state index contributed by atoms with van der Waals surface area (Å²) in [5, 5.41) is 0. The van der Waals surface area contributed by atoms with Crippen LogP contribution in [0.5, 0.6) is 0 Å². The zero-order valence-corrected chi connectivity index (χ0v) is 49.6. The number of ether oxygens (including phenoxy) is 3. The van der Waals surface area contributed by atoms with E-state index < -0.39 is 6.10 Å². The lowest BCUT2D eigenvalue weighted by Gasteiger charge is -2.18. The van der Waals surface area contributed by atoms with Crippen LogP contribution in [-0.4, -0.2) is 37.2 Å². The molecule has 0 rings (SSSR count). The first-order valence-corrected chi connectivity index (χ1v) is 32.6. The standard InChI is InChI=1S/C68H124O6/c1-4-7-10-13-16-19-22-25-28-30-32-34-36-38-40-43-46-49-52-55-58-61-67(70)73-64-65(63-72-66(69)60-57-54-51-48-45-42-27-24-21-18-15-12-9-6-3)74-68(71)62-59-56-53-50-47-44-41-39-37-35-33-31-29-26-23-20-17-14-11-8-5-2/h22-23,25-26,30-33,65H,4-21,24,27-29,34-64H2,1-3H3/b25-22-,26-23-,32-30-,33-31-.